The summed E-state index contributed by atoms with van der Waals surface area (Å²) in [6.07, 6.45) is 4.89. The van der Waals surface area contributed by atoms with Crippen LogP contribution in [0.25, 0.3) is 17.0 Å². The Hall–Kier alpha value is -3.01. The van der Waals surface area contributed by atoms with Crippen molar-refractivity contribution in [3.63, 3.8) is 0 Å². The van der Waals surface area contributed by atoms with E-state index in [9.17, 15) is 4.79 Å². The van der Waals surface area contributed by atoms with Crippen molar-refractivity contribution in [1.82, 2.24) is 4.98 Å². The van der Waals surface area contributed by atoms with Gasteiger partial charge in [-0.15, -0.1) is 0 Å². The van der Waals surface area contributed by atoms with Crippen LogP contribution in [0.2, 0.25) is 0 Å². The third-order valence-electron chi connectivity index (χ3n) is 3.36. The molecule has 3 aromatic rings. The lowest BCUT2D eigenvalue weighted by atomic mass is 10.1. The number of aromatic nitrogens is 1. The van der Waals surface area contributed by atoms with E-state index < -0.39 is 5.91 Å². The van der Waals surface area contributed by atoms with Gasteiger partial charge in [0.25, 0.3) is 0 Å². The maximum atomic E-state index is 10.8. The Morgan fingerprint density at radius 1 is 1.18 bits per heavy atom. The van der Waals surface area contributed by atoms with Crippen molar-refractivity contribution in [2.24, 2.45) is 5.73 Å². The summed E-state index contributed by atoms with van der Waals surface area (Å²) in [7, 11) is 0. The number of ether oxygens (including phenoxy) is 1. The Labute approximate surface area is 128 Å². The fraction of sp³-hybridized carbons (Fsp3) is 0.0556. The predicted octanol–water partition coefficient (Wildman–Crippen LogP) is 3.25. The lowest BCUT2D eigenvalue weighted by Gasteiger charge is -2.06. The molecule has 0 spiro atoms. The first-order valence-corrected chi connectivity index (χ1v) is 6.98. The summed E-state index contributed by atoms with van der Waals surface area (Å²) in [4.78, 5) is 14.0. The van der Waals surface area contributed by atoms with Gasteiger partial charge in [0.2, 0.25) is 5.91 Å². The van der Waals surface area contributed by atoms with Gasteiger partial charge in [-0.2, -0.15) is 0 Å². The summed E-state index contributed by atoms with van der Waals surface area (Å²) >= 11 is 0. The molecule has 0 saturated carbocycles. The molecule has 110 valence electrons. The molecule has 3 N–H and O–H groups in total. The summed E-state index contributed by atoms with van der Waals surface area (Å²) < 4.78 is 5.80. The van der Waals surface area contributed by atoms with Crippen LogP contribution < -0.4 is 10.5 Å². The Morgan fingerprint density at radius 3 is 2.77 bits per heavy atom. The molecular weight excluding hydrogens is 276 g/mol. The second-order valence-corrected chi connectivity index (χ2v) is 4.96. The number of rotatable bonds is 5. The number of fused-ring (bicyclic) bond motifs is 1. The predicted molar refractivity (Wildman–Crippen MR) is 87.3 cm³/mol. The summed E-state index contributed by atoms with van der Waals surface area (Å²) in [6, 6.07) is 15.8. The van der Waals surface area contributed by atoms with E-state index in [1.54, 1.807) is 6.08 Å². The molecule has 0 atom stereocenters. The molecule has 0 radical (unpaired) electrons. The fourth-order valence-electron chi connectivity index (χ4n) is 2.27. The number of carbonyl (C=O) groups is 1. The van der Waals surface area contributed by atoms with Crippen molar-refractivity contribution in [2.45, 2.75) is 6.61 Å². The van der Waals surface area contributed by atoms with Crippen LogP contribution in [-0.4, -0.2) is 10.9 Å². The molecule has 0 fully saturated rings. The van der Waals surface area contributed by atoms with E-state index in [4.69, 9.17) is 10.5 Å². The van der Waals surface area contributed by atoms with Crippen molar-refractivity contribution >= 4 is 22.9 Å². The molecule has 22 heavy (non-hydrogen) atoms. The van der Waals surface area contributed by atoms with Gasteiger partial charge >= 0.3 is 0 Å². The summed E-state index contributed by atoms with van der Waals surface area (Å²) in [5.41, 5.74) is 8.11. The maximum absolute atomic E-state index is 10.8. The SMILES string of the molecule is NC(=O)/C=C\c1c[nH]c2cc(OCc3ccccc3)ccc12. The van der Waals surface area contributed by atoms with E-state index in [0.29, 0.717) is 6.61 Å². The number of primary amides is 1. The fourth-order valence-corrected chi connectivity index (χ4v) is 2.27. The van der Waals surface area contributed by atoms with Crippen molar-refractivity contribution < 1.29 is 9.53 Å². The van der Waals surface area contributed by atoms with Crippen LogP contribution in [0.4, 0.5) is 0 Å². The quantitative estimate of drug-likeness (QED) is 0.709. The number of hydrogen-bond acceptors (Lipinski definition) is 2. The zero-order chi connectivity index (χ0) is 15.4. The first kappa shape index (κ1) is 13.9. The summed E-state index contributed by atoms with van der Waals surface area (Å²) in [6.45, 7) is 0.529. The minimum Gasteiger partial charge on any atom is -0.489 e. The molecule has 0 aliphatic heterocycles. The zero-order valence-corrected chi connectivity index (χ0v) is 12.0. The van der Waals surface area contributed by atoms with Crippen LogP contribution in [0.1, 0.15) is 11.1 Å². The number of amides is 1. The Morgan fingerprint density at radius 2 is 2.00 bits per heavy atom. The van der Waals surface area contributed by atoms with Crippen LogP contribution in [0.3, 0.4) is 0 Å². The van der Waals surface area contributed by atoms with Gasteiger partial charge in [0.1, 0.15) is 12.4 Å². The van der Waals surface area contributed by atoms with Crippen LogP contribution in [0.5, 0.6) is 5.75 Å². The van der Waals surface area contributed by atoms with E-state index in [1.807, 2.05) is 54.7 Å². The van der Waals surface area contributed by atoms with Crippen molar-refractivity contribution in [3.8, 4) is 5.75 Å². The van der Waals surface area contributed by atoms with Crippen LogP contribution in [0, 0.1) is 0 Å². The highest BCUT2D eigenvalue weighted by Gasteiger charge is 2.03. The van der Waals surface area contributed by atoms with Crippen molar-refractivity contribution in [3.05, 3.63) is 71.9 Å². The first-order valence-electron chi connectivity index (χ1n) is 6.98. The highest BCUT2D eigenvalue weighted by molar-refractivity contribution is 5.95. The average Bonchev–Trinajstić information content (AvgIpc) is 2.94. The normalized spacial score (nSPS) is 11.1. The number of carbonyl (C=O) groups excluding carboxylic acids is 1. The number of nitrogens with one attached hydrogen (secondary N) is 1. The topological polar surface area (TPSA) is 68.1 Å². The molecule has 2 aromatic carbocycles. The first-order chi connectivity index (χ1) is 10.7. The van der Waals surface area contributed by atoms with Gasteiger partial charge < -0.3 is 15.5 Å². The summed E-state index contributed by atoms with van der Waals surface area (Å²) in [5, 5.41) is 1.02. The van der Waals surface area contributed by atoms with E-state index in [-0.39, 0.29) is 0 Å². The molecule has 0 aliphatic rings. The van der Waals surface area contributed by atoms with Gasteiger partial charge in [-0.25, -0.2) is 0 Å². The van der Waals surface area contributed by atoms with Crippen molar-refractivity contribution in [2.75, 3.05) is 0 Å². The Bertz CT molecular complexity index is 819. The number of H-pyrrole nitrogens is 1. The number of nitrogens with two attached hydrogens (primary N) is 1. The highest BCUT2D eigenvalue weighted by atomic mass is 16.5. The lowest BCUT2D eigenvalue weighted by Crippen LogP contribution is -2.04. The second-order valence-electron chi connectivity index (χ2n) is 4.96. The minimum absolute atomic E-state index is 0.461. The van der Waals surface area contributed by atoms with Gasteiger partial charge in [-0.3, -0.25) is 4.79 Å². The molecule has 0 bridgehead atoms. The molecule has 0 unspecified atom stereocenters. The Balaban J connectivity index is 1.78. The maximum Gasteiger partial charge on any atom is 0.241 e. The molecule has 4 heteroatoms. The van der Waals surface area contributed by atoms with Crippen LogP contribution >= 0.6 is 0 Å². The van der Waals surface area contributed by atoms with Gasteiger partial charge in [0, 0.05) is 29.2 Å². The zero-order valence-electron chi connectivity index (χ0n) is 12.0. The smallest absolute Gasteiger partial charge is 0.241 e. The van der Waals surface area contributed by atoms with Crippen LogP contribution in [-0.2, 0) is 11.4 Å². The second kappa shape index (κ2) is 6.18. The van der Waals surface area contributed by atoms with E-state index in [1.165, 1.54) is 6.08 Å². The standard InChI is InChI=1S/C18H16N2O2/c19-18(21)9-6-14-11-20-17-10-15(7-8-16(14)17)22-12-13-4-2-1-3-5-13/h1-11,20H,12H2,(H2,19,21)/b9-6-. The minimum atomic E-state index is -0.461. The van der Waals surface area contributed by atoms with Crippen LogP contribution in [0.15, 0.2) is 60.8 Å². The molecule has 1 amide bonds. The third-order valence-corrected chi connectivity index (χ3v) is 3.36. The average molecular weight is 292 g/mol. The molecule has 0 saturated heterocycles. The lowest BCUT2D eigenvalue weighted by molar-refractivity contribution is -0.113. The molecule has 3 rings (SSSR count). The number of aromatic amines is 1. The van der Waals surface area contributed by atoms with Crippen molar-refractivity contribution in [1.29, 1.82) is 0 Å². The molecule has 1 heterocycles. The largest absolute Gasteiger partial charge is 0.489 e. The number of benzene rings is 2. The van der Waals surface area contributed by atoms with Gasteiger partial charge in [-0.1, -0.05) is 30.3 Å². The number of hydrogen-bond donors (Lipinski definition) is 2. The van der Waals surface area contributed by atoms with E-state index in [2.05, 4.69) is 4.98 Å². The highest BCUT2D eigenvalue weighted by Crippen LogP contribution is 2.24. The van der Waals surface area contributed by atoms with Gasteiger partial charge in [-0.05, 0) is 29.3 Å². The monoisotopic (exact) mass is 292 g/mol. The van der Waals surface area contributed by atoms with Gasteiger partial charge in [0.05, 0.1) is 0 Å². The third kappa shape index (κ3) is 3.17. The molecular formula is C18H16N2O2. The molecule has 0 aliphatic carbocycles. The Kier molecular flexibility index (Phi) is 3.92. The van der Waals surface area contributed by atoms with Gasteiger partial charge in [0.15, 0.2) is 0 Å². The van der Waals surface area contributed by atoms with E-state index >= 15 is 0 Å². The van der Waals surface area contributed by atoms with E-state index in [0.717, 1.165) is 27.8 Å². The summed E-state index contributed by atoms with van der Waals surface area (Å²) in [5.74, 6) is 0.334. The molecule has 4 nitrogen and oxygen atoms in total. The molecule has 1 aromatic heterocycles.